The number of fused-ring (bicyclic) bond motifs is 2. The monoisotopic (exact) mass is 423 g/mol. The molecular formula is C22H25N5S2. The lowest BCUT2D eigenvalue weighted by atomic mass is 10.2. The molecule has 0 amide bonds. The largest absolute Gasteiger partial charge is 0.352 e. The Morgan fingerprint density at radius 1 is 1.03 bits per heavy atom. The van der Waals surface area contributed by atoms with E-state index in [1.54, 1.807) is 22.7 Å². The Labute approximate surface area is 179 Å². The maximum atomic E-state index is 5.05. The number of rotatable bonds is 5. The van der Waals surface area contributed by atoms with Crippen LogP contribution in [0.4, 0.5) is 5.82 Å². The van der Waals surface area contributed by atoms with Gasteiger partial charge in [-0.15, -0.1) is 22.7 Å². The maximum Gasteiger partial charge on any atom is 0.146 e. The zero-order chi connectivity index (χ0) is 20.0. The summed E-state index contributed by atoms with van der Waals surface area (Å²) in [6.45, 7) is 8.27. The molecule has 0 radical (unpaired) electrons. The highest BCUT2D eigenvalue weighted by atomic mass is 32.1. The molecule has 5 nitrogen and oxygen atoms in total. The molecule has 1 fully saturated rings. The SMILES string of the molecule is Cc1sc2nc(CN3CCCC3)nc(N(C)Cc3nc4ccccc4s3)c2c1C. The van der Waals surface area contributed by atoms with Gasteiger partial charge in [-0.3, -0.25) is 4.90 Å². The minimum atomic E-state index is 0.753. The zero-order valence-electron chi connectivity index (χ0n) is 17.1. The number of thiazole rings is 1. The first kappa shape index (κ1) is 18.9. The molecule has 7 heteroatoms. The summed E-state index contributed by atoms with van der Waals surface area (Å²) in [5.41, 5.74) is 2.37. The van der Waals surface area contributed by atoms with Crippen molar-refractivity contribution in [3.8, 4) is 0 Å². The van der Waals surface area contributed by atoms with E-state index < -0.39 is 0 Å². The van der Waals surface area contributed by atoms with Gasteiger partial charge in [0.25, 0.3) is 0 Å². The van der Waals surface area contributed by atoms with Gasteiger partial charge in [0.15, 0.2) is 0 Å². The van der Waals surface area contributed by atoms with Crippen LogP contribution in [-0.4, -0.2) is 40.0 Å². The van der Waals surface area contributed by atoms with E-state index in [-0.39, 0.29) is 0 Å². The number of anilines is 1. The standard InChI is InChI=1S/C22H25N5S2/c1-14-15(2)28-22-20(14)21(24-18(25-22)12-27-10-6-7-11-27)26(3)13-19-23-16-8-4-5-9-17(16)29-19/h4-5,8-9H,6-7,10-13H2,1-3H3. The lowest BCUT2D eigenvalue weighted by Crippen LogP contribution is -2.22. The van der Waals surface area contributed by atoms with Crippen molar-refractivity contribution in [2.75, 3.05) is 25.0 Å². The molecule has 1 aliphatic heterocycles. The number of aryl methyl sites for hydroxylation is 2. The van der Waals surface area contributed by atoms with Crippen molar-refractivity contribution in [2.24, 2.45) is 0 Å². The first-order valence-corrected chi connectivity index (χ1v) is 11.8. The number of benzene rings is 1. The lowest BCUT2D eigenvalue weighted by Gasteiger charge is -2.20. The van der Waals surface area contributed by atoms with Crippen molar-refractivity contribution in [2.45, 2.75) is 39.8 Å². The van der Waals surface area contributed by atoms with Gasteiger partial charge in [-0.2, -0.15) is 0 Å². The number of nitrogens with zero attached hydrogens (tertiary/aromatic N) is 5. The van der Waals surface area contributed by atoms with E-state index in [0.29, 0.717) is 0 Å². The van der Waals surface area contributed by atoms with Crippen LogP contribution in [0.2, 0.25) is 0 Å². The van der Waals surface area contributed by atoms with Crippen molar-refractivity contribution in [3.63, 3.8) is 0 Å². The normalized spacial score (nSPS) is 15.0. The average molecular weight is 424 g/mol. The minimum Gasteiger partial charge on any atom is -0.352 e. The summed E-state index contributed by atoms with van der Waals surface area (Å²) in [5, 5.41) is 2.31. The van der Waals surface area contributed by atoms with Crippen LogP contribution in [0.3, 0.4) is 0 Å². The lowest BCUT2D eigenvalue weighted by molar-refractivity contribution is 0.323. The van der Waals surface area contributed by atoms with Gasteiger partial charge in [0.05, 0.1) is 28.7 Å². The fraction of sp³-hybridized carbons (Fsp3) is 0.409. The van der Waals surface area contributed by atoms with Gasteiger partial charge in [0.2, 0.25) is 0 Å². The van der Waals surface area contributed by atoms with Crippen LogP contribution in [0.25, 0.3) is 20.4 Å². The molecule has 0 unspecified atom stereocenters. The molecule has 29 heavy (non-hydrogen) atoms. The van der Waals surface area contributed by atoms with Crippen LogP contribution in [0.1, 0.15) is 34.1 Å². The molecule has 1 aromatic carbocycles. The summed E-state index contributed by atoms with van der Waals surface area (Å²) in [7, 11) is 2.12. The number of para-hydroxylation sites is 1. The Kier molecular flexibility index (Phi) is 4.97. The molecule has 0 atom stereocenters. The van der Waals surface area contributed by atoms with Crippen molar-refractivity contribution in [1.29, 1.82) is 0 Å². The molecule has 5 rings (SSSR count). The van der Waals surface area contributed by atoms with Gasteiger partial charge in [-0.25, -0.2) is 15.0 Å². The molecule has 4 aromatic rings. The molecule has 1 saturated heterocycles. The van der Waals surface area contributed by atoms with Crippen LogP contribution in [-0.2, 0) is 13.1 Å². The molecule has 0 spiro atoms. The number of hydrogen-bond acceptors (Lipinski definition) is 7. The summed E-state index contributed by atoms with van der Waals surface area (Å²) < 4.78 is 1.24. The van der Waals surface area contributed by atoms with E-state index in [1.807, 2.05) is 6.07 Å². The predicted molar refractivity (Wildman–Crippen MR) is 123 cm³/mol. The topological polar surface area (TPSA) is 45.2 Å². The summed E-state index contributed by atoms with van der Waals surface area (Å²) in [5.74, 6) is 1.97. The molecule has 0 saturated carbocycles. The molecule has 3 aromatic heterocycles. The Bertz CT molecular complexity index is 1140. The van der Waals surface area contributed by atoms with Gasteiger partial charge in [0.1, 0.15) is 21.5 Å². The highest BCUT2D eigenvalue weighted by Gasteiger charge is 2.20. The number of likely N-dealkylation sites (tertiary alicyclic amines) is 1. The second kappa shape index (κ2) is 7.63. The Morgan fingerprint density at radius 3 is 2.62 bits per heavy atom. The summed E-state index contributed by atoms with van der Waals surface area (Å²) in [4.78, 5) is 21.9. The Balaban J connectivity index is 1.52. The first-order valence-electron chi connectivity index (χ1n) is 10.1. The third kappa shape index (κ3) is 3.63. The zero-order valence-corrected chi connectivity index (χ0v) is 18.7. The second-order valence-electron chi connectivity index (χ2n) is 7.84. The third-order valence-electron chi connectivity index (χ3n) is 5.69. The third-order valence-corrected chi connectivity index (χ3v) is 7.81. The van der Waals surface area contributed by atoms with Crippen LogP contribution in [0, 0.1) is 13.8 Å². The van der Waals surface area contributed by atoms with Crippen molar-refractivity contribution in [3.05, 3.63) is 45.5 Å². The predicted octanol–water partition coefficient (Wildman–Crippen LogP) is 5.15. The molecule has 0 bridgehead atoms. The molecule has 4 heterocycles. The quantitative estimate of drug-likeness (QED) is 0.444. The first-order chi connectivity index (χ1) is 14.1. The fourth-order valence-corrected chi connectivity index (χ4v) is 6.09. The molecule has 1 aliphatic rings. The molecule has 0 aliphatic carbocycles. The van der Waals surface area contributed by atoms with Gasteiger partial charge in [-0.1, -0.05) is 12.1 Å². The van der Waals surface area contributed by atoms with Crippen LogP contribution < -0.4 is 4.90 Å². The summed E-state index contributed by atoms with van der Waals surface area (Å²) in [6.07, 6.45) is 2.56. The Morgan fingerprint density at radius 2 is 1.83 bits per heavy atom. The van der Waals surface area contributed by atoms with Gasteiger partial charge in [-0.05, 0) is 57.5 Å². The van der Waals surface area contributed by atoms with E-state index in [9.17, 15) is 0 Å². The summed E-state index contributed by atoms with van der Waals surface area (Å²) in [6, 6.07) is 8.34. The van der Waals surface area contributed by atoms with Crippen LogP contribution in [0.15, 0.2) is 24.3 Å². The number of aromatic nitrogens is 3. The van der Waals surface area contributed by atoms with Crippen LogP contribution >= 0.6 is 22.7 Å². The van der Waals surface area contributed by atoms with Gasteiger partial charge >= 0.3 is 0 Å². The van der Waals surface area contributed by atoms with Gasteiger partial charge in [0, 0.05) is 11.9 Å². The number of thiophene rings is 1. The highest BCUT2D eigenvalue weighted by Crippen LogP contribution is 2.35. The molecule has 150 valence electrons. The average Bonchev–Trinajstić information content (AvgIpc) is 3.41. The molecular weight excluding hydrogens is 398 g/mol. The summed E-state index contributed by atoms with van der Waals surface area (Å²) >= 11 is 3.55. The van der Waals surface area contributed by atoms with E-state index in [4.69, 9.17) is 15.0 Å². The van der Waals surface area contributed by atoms with E-state index >= 15 is 0 Å². The van der Waals surface area contributed by atoms with Crippen molar-refractivity contribution < 1.29 is 0 Å². The van der Waals surface area contributed by atoms with Crippen molar-refractivity contribution >= 4 is 48.9 Å². The van der Waals surface area contributed by atoms with Gasteiger partial charge < -0.3 is 4.90 Å². The van der Waals surface area contributed by atoms with E-state index in [0.717, 1.165) is 53.2 Å². The van der Waals surface area contributed by atoms with Crippen LogP contribution in [0.5, 0.6) is 0 Å². The van der Waals surface area contributed by atoms with E-state index in [2.05, 4.69) is 48.9 Å². The maximum absolute atomic E-state index is 5.05. The minimum absolute atomic E-state index is 0.753. The smallest absolute Gasteiger partial charge is 0.146 e. The van der Waals surface area contributed by atoms with Crippen molar-refractivity contribution in [1.82, 2.24) is 19.9 Å². The number of hydrogen-bond donors (Lipinski definition) is 0. The Hall–Kier alpha value is -2.09. The molecule has 0 N–H and O–H groups in total. The highest BCUT2D eigenvalue weighted by molar-refractivity contribution is 7.19. The van der Waals surface area contributed by atoms with E-state index in [1.165, 1.54) is 33.4 Å². The fourth-order valence-electron chi connectivity index (χ4n) is 4.02. The second-order valence-corrected chi connectivity index (χ2v) is 10.2.